The molecule has 12 nitrogen and oxygen atoms in total. The SMILES string of the molecule is CO[C@H]1C[C@@H](OC(=O)c2ccc([N+](=O)[O-])cc2)[C@@H](OC(=O)c2ccc([N+](=O)[O-])cc2)[C@H](C)O1. The highest BCUT2D eigenvalue weighted by atomic mass is 16.7. The summed E-state index contributed by atoms with van der Waals surface area (Å²) in [5.41, 5.74) is -0.212. The average Bonchev–Trinajstić information content (AvgIpc) is 2.80. The normalized spacial score (nSPS) is 22.2. The van der Waals surface area contributed by atoms with Crippen molar-refractivity contribution in [2.24, 2.45) is 0 Å². The van der Waals surface area contributed by atoms with Gasteiger partial charge in [-0.1, -0.05) is 0 Å². The Morgan fingerprint density at radius 2 is 1.33 bits per heavy atom. The number of hydrogen-bond acceptors (Lipinski definition) is 10. The van der Waals surface area contributed by atoms with Gasteiger partial charge in [0.05, 0.1) is 27.1 Å². The van der Waals surface area contributed by atoms with Crippen LogP contribution in [0.3, 0.4) is 0 Å². The molecule has 33 heavy (non-hydrogen) atoms. The van der Waals surface area contributed by atoms with Crippen LogP contribution in [0.4, 0.5) is 11.4 Å². The molecule has 0 amide bonds. The largest absolute Gasteiger partial charge is 0.455 e. The number of hydrogen-bond donors (Lipinski definition) is 0. The molecule has 1 aliphatic heterocycles. The minimum Gasteiger partial charge on any atom is -0.455 e. The third kappa shape index (κ3) is 5.67. The fourth-order valence-electron chi connectivity index (χ4n) is 3.27. The molecule has 1 fully saturated rings. The second-order valence-corrected chi connectivity index (χ2v) is 7.16. The monoisotopic (exact) mass is 460 g/mol. The number of carbonyl (C=O) groups is 2. The predicted molar refractivity (Wildman–Crippen MR) is 111 cm³/mol. The van der Waals surface area contributed by atoms with E-state index in [0.29, 0.717) is 0 Å². The summed E-state index contributed by atoms with van der Waals surface area (Å²) in [5.74, 6) is -1.55. The Bertz CT molecular complexity index is 1040. The molecule has 0 aromatic heterocycles. The Hall–Kier alpha value is -3.90. The van der Waals surface area contributed by atoms with Crippen LogP contribution in [0, 0.1) is 20.2 Å². The number of nitro benzene ring substituents is 2. The number of ether oxygens (including phenoxy) is 4. The number of nitrogens with zero attached hydrogens (tertiary/aromatic N) is 2. The zero-order valence-corrected chi connectivity index (χ0v) is 17.6. The Morgan fingerprint density at radius 1 is 0.879 bits per heavy atom. The van der Waals surface area contributed by atoms with E-state index in [9.17, 15) is 29.8 Å². The Balaban J connectivity index is 1.76. The van der Waals surface area contributed by atoms with E-state index in [1.807, 2.05) is 0 Å². The number of nitro groups is 2. The van der Waals surface area contributed by atoms with Gasteiger partial charge in [0, 0.05) is 37.8 Å². The molecule has 2 aromatic rings. The molecule has 0 saturated carbocycles. The van der Waals surface area contributed by atoms with Crippen LogP contribution in [0.5, 0.6) is 0 Å². The summed E-state index contributed by atoms with van der Waals surface area (Å²) in [6.07, 6.45) is -3.30. The lowest BCUT2D eigenvalue weighted by Crippen LogP contribution is -2.51. The van der Waals surface area contributed by atoms with Gasteiger partial charge < -0.3 is 18.9 Å². The van der Waals surface area contributed by atoms with Gasteiger partial charge >= 0.3 is 11.9 Å². The maximum absolute atomic E-state index is 12.6. The van der Waals surface area contributed by atoms with Crippen LogP contribution in [0.25, 0.3) is 0 Å². The molecule has 1 heterocycles. The summed E-state index contributed by atoms with van der Waals surface area (Å²) >= 11 is 0. The van der Waals surface area contributed by atoms with Crippen molar-refractivity contribution in [3.05, 3.63) is 79.9 Å². The molecule has 174 valence electrons. The highest BCUT2D eigenvalue weighted by Crippen LogP contribution is 2.28. The van der Waals surface area contributed by atoms with Crippen LogP contribution >= 0.6 is 0 Å². The summed E-state index contributed by atoms with van der Waals surface area (Å²) in [6.45, 7) is 1.62. The highest BCUT2D eigenvalue weighted by Gasteiger charge is 2.42. The summed E-state index contributed by atoms with van der Waals surface area (Å²) in [6, 6.07) is 9.72. The zero-order chi connectivity index (χ0) is 24.1. The first-order valence-corrected chi connectivity index (χ1v) is 9.78. The van der Waals surface area contributed by atoms with Crippen molar-refractivity contribution in [2.75, 3.05) is 7.11 Å². The quantitative estimate of drug-likeness (QED) is 0.341. The van der Waals surface area contributed by atoms with Crippen molar-refractivity contribution in [2.45, 2.75) is 37.9 Å². The standard InChI is InChI=1S/C21H20N2O10/c1-12-19(33-21(25)14-5-9-16(10-6-14)23(28)29)17(11-18(30-2)31-12)32-20(24)13-3-7-15(8-4-13)22(26)27/h3-10,12,17-19H,11H2,1-2H3/t12-,17+,18+,19-/m0/s1. The molecule has 1 aliphatic rings. The van der Waals surface area contributed by atoms with Crippen molar-refractivity contribution in [3.8, 4) is 0 Å². The van der Waals surface area contributed by atoms with Crippen LogP contribution in [0.15, 0.2) is 48.5 Å². The average molecular weight is 460 g/mol. The third-order valence-corrected chi connectivity index (χ3v) is 5.01. The molecule has 0 bridgehead atoms. The van der Waals surface area contributed by atoms with Gasteiger partial charge in [-0.2, -0.15) is 0 Å². The molecule has 0 N–H and O–H groups in total. The number of rotatable bonds is 7. The lowest BCUT2D eigenvalue weighted by Gasteiger charge is -2.38. The molecular weight excluding hydrogens is 440 g/mol. The molecule has 12 heteroatoms. The number of esters is 2. The van der Waals surface area contributed by atoms with Gasteiger partial charge in [-0.05, 0) is 31.2 Å². The van der Waals surface area contributed by atoms with Crippen LogP contribution in [-0.2, 0) is 18.9 Å². The van der Waals surface area contributed by atoms with Gasteiger partial charge in [-0.25, -0.2) is 9.59 Å². The fraction of sp³-hybridized carbons (Fsp3) is 0.333. The smallest absolute Gasteiger partial charge is 0.338 e. The van der Waals surface area contributed by atoms with Crippen molar-refractivity contribution in [3.63, 3.8) is 0 Å². The van der Waals surface area contributed by atoms with E-state index in [-0.39, 0.29) is 28.9 Å². The molecular formula is C21H20N2O10. The van der Waals surface area contributed by atoms with E-state index in [2.05, 4.69) is 0 Å². The second-order valence-electron chi connectivity index (χ2n) is 7.16. The minimum absolute atomic E-state index is 0.0672. The minimum atomic E-state index is -0.999. The van der Waals surface area contributed by atoms with Crippen molar-refractivity contribution >= 4 is 23.3 Å². The van der Waals surface area contributed by atoms with Gasteiger partial charge in [0.2, 0.25) is 0 Å². The van der Waals surface area contributed by atoms with Crippen LogP contribution in [0.2, 0.25) is 0 Å². The molecule has 0 spiro atoms. The molecule has 3 rings (SSSR count). The van der Waals surface area contributed by atoms with E-state index in [1.165, 1.54) is 55.6 Å². The summed E-state index contributed by atoms with van der Waals surface area (Å²) in [4.78, 5) is 45.6. The topological polar surface area (TPSA) is 157 Å². The number of carbonyl (C=O) groups excluding carboxylic acids is 2. The summed E-state index contributed by atoms with van der Waals surface area (Å²) in [7, 11) is 1.41. The van der Waals surface area contributed by atoms with Crippen LogP contribution in [-0.4, -0.2) is 53.5 Å². The maximum atomic E-state index is 12.6. The predicted octanol–water partition coefficient (Wildman–Crippen LogP) is 3.04. The van der Waals surface area contributed by atoms with Gasteiger partial charge in [0.1, 0.15) is 6.10 Å². The van der Waals surface area contributed by atoms with Crippen molar-refractivity contribution in [1.29, 1.82) is 0 Å². The highest BCUT2D eigenvalue weighted by molar-refractivity contribution is 5.90. The Labute approximate surface area is 187 Å². The molecule has 2 aromatic carbocycles. The summed E-state index contributed by atoms with van der Waals surface area (Å²) in [5, 5.41) is 21.6. The summed E-state index contributed by atoms with van der Waals surface area (Å²) < 4.78 is 21.9. The lowest BCUT2D eigenvalue weighted by molar-refractivity contribution is -0.385. The molecule has 0 aliphatic carbocycles. The molecule has 0 radical (unpaired) electrons. The molecule has 1 saturated heterocycles. The van der Waals surface area contributed by atoms with E-state index in [4.69, 9.17) is 18.9 Å². The van der Waals surface area contributed by atoms with E-state index in [1.54, 1.807) is 6.92 Å². The van der Waals surface area contributed by atoms with Crippen molar-refractivity contribution in [1.82, 2.24) is 0 Å². The Morgan fingerprint density at radius 3 is 1.76 bits per heavy atom. The fourth-order valence-corrected chi connectivity index (χ4v) is 3.27. The van der Waals surface area contributed by atoms with Crippen LogP contribution < -0.4 is 0 Å². The van der Waals surface area contributed by atoms with Crippen molar-refractivity contribution < 1.29 is 38.4 Å². The molecule has 0 unspecified atom stereocenters. The van der Waals surface area contributed by atoms with Gasteiger partial charge in [-0.3, -0.25) is 20.2 Å². The number of methoxy groups -OCH3 is 1. The van der Waals surface area contributed by atoms with Gasteiger partial charge in [-0.15, -0.1) is 0 Å². The van der Waals surface area contributed by atoms with Crippen LogP contribution in [0.1, 0.15) is 34.1 Å². The van der Waals surface area contributed by atoms with E-state index >= 15 is 0 Å². The third-order valence-electron chi connectivity index (χ3n) is 5.01. The number of non-ortho nitro benzene ring substituents is 2. The Kier molecular flexibility index (Phi) is 7.30. The van der Waals surface area contributed by atoms with E-state index < -0.39 is 46.4 Å². The first-order valence-electron chi connectivity index (χ1n) is 9.78. The maximum Gasteiger partial charge on any atom is 0.338 e. The van der Waals surface area contributed by atoms with Gasteiger partial charge in [0.25, 0.3) is 11.4 Å². The first kappa shape index (κ1) is 23.8. The van der Waals surface area contributed by atoms with Gasteiger partial charge in [0.15, 0.2) is 12.4 Å². The number of benzene rings is 2. The zero-order valence-electron chi connectivity index (χ0n) is 17.6. The van der Waals surface area contributed by atoms with E-state index in [0.717, 1.165) is 0 Å². The molecule has 4 atom stereocenters. The second kappa shape index (κ2) is 10.1. The first-order chi connectivity index (χ1) is 15.7. The lowest BCUT2D eigenvalue weighted by atomic mass is 10.0.